The van der Waals surface area contributed by atoms with Crippen LogP contribution in [0, 0.1) is 24.0 Å². The summed E-state index contributed by atoms with van der Waals surface area (Å²) in [6.45, 7) is 6.09. The third-order valence-electron chi connectivity index (χ3n) is 4.70. The zero-order valence-electron chi connectivity index (χ0n) is 16.8. The average Bonchev–Trinajstić information content (AvgIpc) is 2.70. The quantitative estimate of drug-likeness (QED) is 0.380. The van der Waals surface area contributed by atoms with Gasteiger partial charge in [0.15, 0.2) is 0 Å². The van der Waals surface area contributed by atoms with Crippen LogP contribution < -0.4 is 10.1 Å². The van der Waals surface area contributed by atoms with Crippen molar-refractivity contribution in [1.82, 2.24) is 9.97 Å². The van der Waals surface area contributed by atoms with E-state index < -0.39 is 4.92 Å². The molecule has 0 atom stereocenters. The number of nitro groups is 1. The molecule has 3 aromatic rings. The Morgan fingerprint density at radius 1 is 1.07 bits per heavy atom. The molecule has 29 heavy (non-hydrogen) atoms. The summed E-state index contributed by atoms with van der Waals surface area (Å²) < 4.78 is 5.72. The lowest BCUT2D eigenvalue weighted by Crippen LogP contribution is -2.03. The maximum absolute atomic E-state index is 11.7. The van der Waals surface area contributed by atoms with Gasteiger partial charge in [0, 0.05) is 5.69 Å². The first-order chi connectivity index (χ1) is 14.0. The second kappa shape index (κ2) is 9.14. The molecule has 0 radical (unpaired) electrons. The first kappa shape index (κ1) is 20.3. The smallest absolute Gasteiger partial charge is 0.373 e. The van der Waals surface area contributed by atoms with Crippen molar-refractivity contribution >= 4 is 17.2 Å². The first-order valence-electron chi connectivity index (χ1n) is 9.58. The molecule has 0 aliphatic heterocycles. The number of nitrogens with zero attached hydrogens (tertiary/aromatic N) is 3. The van der Waals surface area contributed by atoms with Gasteiger partial charge in [-0.3, -0.25) is 10.1 Å². The number of aryl methyl sites for hydroxylation is 3. The summed E-state index contributed by atoms with van der Waals surface area (Å²) in [4.78, 5) is 19.2. The van der Waals surface area contributed by atoms with Crippen LogP contribution in [-0.4, -0.2) is 14.9 Å². The van der Waals surface area contributed by atoms with Gasteiger partial charge in [-0.05, 0) is 67.6 Å². The molecule has 0 aliphatic rings. The molecule has 0 amide bonds. The number of unbranched alkanes of at least 4 members (excludes halogenated alkanes) is 1. The Bertz CT molecular complexity index is 1000. The molecule has 150 valence electrons. The third kappa shape index (κ3) is 5.07. The second-order valence-corrected chi connectivity index (χ2v) is 6.91. The van der Waals surface area contributed by atoms with Gasteiger partial charge in [-0.1, -0.05) is 31.5 Å². The molecule has 1 N–H and O–H groups in total. The highest BCUT2D eigenvalue weighted by Gasteiger charge is 2.25. The number of ether oxygens (including phenoxy) is 1. The molecule has 0 aliphatic carbocycles. The Kier molecular flexibility index (Phi) is 6.39. The number of anilines is 2. The molecule has 0 saturated carbocycles. The standard InChI is InChI=1S/C22H24N4O3/c1-4-5-6-17-8-10-18(11-9-17)25-21-20(26(27)28)22(24-14-23-21)29-19-12-7-15(2)16(3)13-19/h7-14H,4-6H2,1-3H3,(H,23,24,25). The van der Waals surface area contributed by atoms with Crippen LogP contribution in [-0.2, 0) is 6.42 Å². The van der Waals surface area contributed by atoms with Crippen molar-refractivity contribution in [2.24, 2.45) is 0 Å². The fourth-order valence-corrected chi connectivity index (χ4v) is 2.85. The fraction of sp³-hybridized carbons (Fsp3) is 0.273. The highest BCUT2D eigenvalue weighted by Crippen LogP contribution is 2.35. The Morgan fingerprint density at radius 3 is 2.48 bits per heavy atom. The van der Waals surface area contributed by atoms with Crippen LogP contribution in [0.25, 0.3) is 0 Å². The third-order valence-corrected chi connectivity index (χ3v) is 4.70. The molecule has 0 bridgehead atoms. The SMILES string of the molecule is CCCCc1ccc(Nc2ncnc(Oc3ccc(C)c(C)c3)c2[N+](=O)[O-])cc1. The first-order valence-corrected chi connectivity index (χ1v) is 9.58. The van der Waals surface area contributed by atoms with Crippen molar-refractivity contribution in [1.29, 1.82) is 0 Å². The molecule has 1 aromatic heterocycles. The van der Waals surface area contributed by atoms with Crippen molar-refractivity contribution in [2.75, 3.05) is 5.32 Å². The van der Waals surface area contributed by atoms with E-state index in [4.69, 9.17) is 4.74 Å². The van der Waals surface area contributed by atoms with Crippen LogP contribution >= 0.6 is 0 Å². The van der Waals surface area contributed by atoms with Gasteiger partial charge in [0.25, 0.3) is 0 Å². The highest BCUT2D eigenvalue weighted by atomic mass is 16.6. The van der Waals surface area contributed by atoms with E-state index in [0.717, 1.165) is 30.4 Å². The van der Waals surface area contributed by atoms with E-state index in [-0.39, 0.29) is 17.4 Å². The Morgan fingerprint density at radius 2 is 1.83 bits per heavy atom. The minimum Gasteiger partial charge on any atom is -0.434 e. The Hall–Kier alpha value is -3.48. The molecule has 0 fully saturated rings. The predicted molar refractivity (Wildman–Crippen MR) is 113 cm³/mol. The number of hydrogen-bond donors (Lipinski definition) is 1. The summed E-state index contributed by atoms with van der Waals surface area (Å²) >= 11 is 0. The fourth-order valence-electron chi connectivity index (χ4n) is 2.85. The summed E-state index contributed by atoms with van der Waals surface area (Å²) in [5, 5.41) is 14.7. The van der Waals surface area contributed by atoms with Crippen molar-refractivity contribution < 1.29 is 9.66 Å². The molecule has 2 aromatic carbocycles. The normalized spacial score (nSPS) is 10.6. The molecule has 7 nitrogen and oxygen atoms in total. The molecule has 0 unspecified atom stereocenters. The van der Waals surface area contributed by atoms with Crippen LogP contribution in [0.3, 0.4) is 0 Å². The minimum absolute atomic E-state index is 0.0881. The van der Waals surface area contributed by atoms with Crippen LogP contribution in [0.4, 0.5) is 17.2 Å². The summed E-state index contributed by atoms with van der Waals surface area (Å²) in [6, 6.07) is 13.3. The average molecular weight is 392 g/mol. The lowest BCUT2D eigenvalue weighted by Gasteiger charge is -2.11. The molecule has 0 saturated heterocycles. The number of rotatable bonds is 8. The Labute approximate surface area is 169 Å². The van der Waals surface area contributed by atoms with Gasteiger partial charge in [-0.15, -0.1) is 0 Å². The molecule has 7 heteroatoms. The summed E-state index contributed by atoms with van der Waals surface area (Å²) in [7, 11) is 0. The largest absolute Gasteiger partial charge is 0.434 e. The van der Waals surface area contributed by atoms with Crippen LogP contribution in [0.5, 0.6) is 11.6 Å². The van der Waals surface area contributed by atoms with Crippen molar-refractivity contribution in [2.45, 2.75) is 40.0 Å². The Balaban J connectivity index is 1.86. The van der Waals surface area contributed by atoms with Gasteiger partial charge >= 0.3 is 11.6 Å². The number of aromatic nitrogens is 2. The van der Waals surface area contributed by atoms with Gasteiger partial charge in [0.2, 0.25) is 5.82 Å². The number of hydrogen-bond acceptors (Lipinski definition) is 6. The number of nitrogens with one attached hydrogen (secondary N) is 1. The van der Waals surface area contributed by atoms with E-state index in [1.165, 1.54) is 11.9 Å². The van der Waals surface area contributed by atoms with Crippen molar-refractivity contribution in [3.05, 3.63) is 75.6 Å². The van der Waals surface area contributed by atoms with Crippen LogP contribution in [0.2, 0.25) is 0 Å². The second-order valence-electron chi connectivity index (χ2n) is 6.91. The summed E-state index contributed by atoms with van der Waals surface area (Å²) in [5.41, 5.74) is 3.78. The molecule has 1 heterocycles. The van der Waals surface area contributed by atoms with E-state index >= 15 is 0 Å². The number of benzene rings is 2. The van der Waals surface area contributed by atoms with Gasteiger partial charge in [0.1, 0.15) is 12.1 Å². The van der Waals surface area contributed by atoms with Gasteiger partial charge in [-0.25, -0.2) is 4.98 Å². The predicted octanol–water partition coefficient (Wildman–Crippen LogP) is 5.88. The van der Waals surface area contributed by atoms with Crippen LogP contribution in [0.15, 0.2) is 48.8 Å². The lowest BCUT2D eigenvalue weighted by molar-refractivity contribution is -0.385. The zero-order chi connectivity index (χ0) is 20.8. The molecule has 0 spiro atoms. The topological polar surface area (TPSA) is 90.2 Å². The lowest BCUT2D eigenvalue weighted by atomic mass is 10.1. The van der Waals surface area contributed by atoms with E-state index in [9.17, 15) is 10.1 Å². The van der Waals surface area contributed by atoms with Gasteiger partial charge in [-0.2, -0.15) is 4.98 Å². The van der Waals surface area contributed by atoms with Gasteiger partial charge < -0.3 is 10.1 Å². The highest BCUT2D eigenvalue weighted by molar-refractivity contribution is 5.68. The maximum atomic E-state index is 11.7. The van der Waals surface area contributed by atoms with E-state index in [2.05, 4.69) is 22.2 Å². The zero-order valence-corrected chi connectivity index (χ0v) is 16.8. The van der Waals surface area contributed by atoms with Crippen molar-refractivity contribution in [3.8, 4) is 11.6 Å². The maximum Gasteiger partial charge on any atom is 0.373 e. The van der Waals surface area contributed by atoms with Crippen LogP contribution in [0.1, 0.15) is 36.5 Å². The van der Waals surface area contributed by atoms with E-state index in [0.29, 0.717) is 11.4 Å². The summed E-state index contributed by atoms with van der Waals surface area (Å²) in [6.07, 6.45) is 4.53. The summed E-state index contributed by atoms with van der Waals surface area (Å²) in [5.74, 6) is 0.474. The molecule has 3 rings (SSSR count). The monoisotopic (exact) mass is 392 g/mol. The molecular formula is C22H24N4O3. The molecular weight excluding hydrogens is 368 g/mol. The van der Waals surface area contributed by atoms with Crippen molar-refractivity contribution in [3.63, 3.8) is 0 Å². The minimum atomic E-state index is -0.533. The van der Waals surface area contributed by atoms with Gasteiger partial charge in [0.05, 0.1) is 4.92 Å². The van der Waals surface area contributed by atoms with E-state index in [1.807, 2.05) is 50.2 Å². The van der Waals surface area contributed by atoms with E-state index in [1.54, 1.807) is 6.07 Å².